The summed E-state index contributed by atoms with van der Waals surface area (Å²) in [7, 11) is -2.70. The van der Waals surface area contributed by atoms with Crippen LogP contribution in [-0.2, 0) is 14.8 Å². The minimum Gasteiger partial charge on any atom is -0.507 e. The summed E-state index contributed by atoms with van der Waals surface area (Å²) in [4.78, 5) is 11.7. The van der Waals surface area contributed by atoms with Crippen molar-refractivity contribution in [1.29, 1.82) is 0 Å². The molecule has 0 aliphatic rings. The Labute approximate surface area is 198 Å². The van der Waals surface area contributed by atoms with Crippen molar-refractivity contribution in [2.75, 3.05) is 13.7 Å². The molecular formula is C24H46N2O5S. The Kier molecular flexibility index (Phi) is 21.4. The van der Waals surface area contributed by atoms with E-state index < -0.39 is 15.8 Å². The zero-order valence-electron chi connectivity index (χ0n) is 21.1. The van der Waals surface area contributed by atoms with Crippen molar-refractivity contribution in [3.63, 3.8) is 0 Å². The first-order chi connectivity index (χ1) is 15.3. The van der Waals surface area contributed by atoms with E-state index in [1.165, 1.54) is 43.5 Å². The molecule has 8 heteroatoms. The summed E-state index contributed by atoms with van der Waals surface area (Å²) in [6.07, 6.45) is 4.97. The number of amides is 1. The van der Waals surface area contributed by atoms with Crippen LogP contribution in [0.4, 0.5) is 0 Å². The average Bonchev–Trinajstić information content (AvgIpc) is 2.84. The van der Waals surface area contributed by atoms with Crippen molar-refractivity contribution < 1.29 is 25.9 Å². The van der Waals surface area contributed by atoms with Crippen LogP contribution in [0.3, 0.4) is 0 Å². The molecule has 7 nitrogen and oxygen atoms in total. The quantitative estimate of drug-likeness (QED) is 0.310. The van der Waals surface area contributed by atoms with E-state index in [4.69, 9.17) is 4.74 Å². The van der Waals surface area contributed by atoms with Crippen molar-refractivity contribution >= 4 is 15.9 Å². The van der Waals surface area contributed by atoms with Crippen molar-refractivity contribution in [2.24, 2.45) is 0 Å². The van der Waals surface area contributed by atoms with E-state index in [1.807, 2.05) is 48.5 Å². The van der Waals surface area contributed by atoms with Crippen LogP contribution in [0.1, 0.15) is 64.7 Å². The van der Waals surface area contributed by atoms with Crippen LogP contribution in [-0.4, -0.2) is 33.1 Å². The summed E-state index contributed by atoms with van der Waals surface area (Å²) < 4.78 is 32.5. The van der Waals surface area contributed by atoms with Gasteiger partial charge in [0.1, 0.15) is 16.4 Å². The molecule has 0 fully saturated rings. The number of hydrogen-bond donors (Lipinski definition) is 3. The number of allylic oxidation sites excluding steroid dienone is 2. The molecule has 1 aromatic rings. The van der Waals surface area contributed by atoms with Crippen molar-refractivity contribution in [1.82, 2.24) is 10.0 Å². The van der Waals surface area contributed by atoms with Crippen LogP contribution in [0.5, 0.6) is 11.5 Å². The van der Waals surface area contributed by atoms with Gasteiger partial charge in [-0.3, -0.25) is 9.52 Å². The fourth-order valence-corrected chi connectivity index (χ4v) is 3.16. The number of sulfonamides is 1. The highest BCUT2D eigenvalue weighted by Crippen LogP contribution is 2.27. The second kappa shape index (κ2) is 20.2. The van der Waals surface area contributed by atoms with Gasteiger partial charge in [0, 0.05) is 26.7 Å². The van der Waals surface area contributed by atoms with Crippen LogP contribution in [0.2, 0.25) is 0 Å². The minimum atomic E-state index is -4.09. The lowest BCUT2D eigenvalue weighted by Gasteiger charge is -2.12. The van der Waals surface area contributed by atoms with E-state index in [0.717, 1.165) is 6.42 Å². The highest BCUT2D eigenvalue weighted by atomic mass is 32.2. The van der Waals surface area contributed by atoms with E-state index in [0.29, 0.717) is 6.54 Å². The molecule has 188 valence electrons. The first kappa shape index (κ1) is 33.9. The third-order valence-electron chi connectivity index (χ3n) is 3.35. The molecule has 0 aliphatic carbocycles. The number of rotatable bonds is 9. The number of carbonyl (C=O) groups excluding carboxylic acids is 1. The van der Waals surface area contributed by atoms with Crippen molar-refractivity contribution in [3.8, 4) is 11.5 Å². The van der Waals surface area contributed by atoms with Gasteiger partial charge in [0.2, 0.25) is 0 Å². The number of methoxy groups -OCH3 is 1. The summed E-state index contributed by atoms with van der Waals surface area (Å²) in [5.41, 5.74) is 0.373. The van der Waals surface area contributed by atoms with Crippen LogP contribution in [0.25, 0.3) is 0 Å². The van der Waals surface area contributed by atoms with Gasteiger partial charge < -0.3 is 15.2 Å². The second-order valence-corrected chi connectivity index (χ2v) is 6.89. The van der Waals surface area contributed by atoms with Crippen molar-refractivity contribution in [3.05, 3.63) is 54.3 Å². The fraction of sp³-hybridized carbons (Fsp3) is 0.458. The maximum atomic E-state index is 12.6. The molecule has 3 N–H and O–H groups in total. The third kappa shape index (κ3) is 12.2. The van der Waals surface area contributed by atoms with Crippen LogP contribution < -0.4 is 14.8 Å². The summed E-state index contributed by atoms with van der Waals surface area (Å²) in [5.74, 6) is -0.488. The first-order valence-electron chi connectivity index (χ1n) is 11.0. The summed E-state index contributed by atoms with van der Waals surface area (Å²) in [6.45, 7) is 19.6. The standard InChI is InChI=1S/C18H24N2O5S.3C2H6.2H2/c1-5-10-19-18(22)13(6-2)11-14(7-3)20-26(23,24)17-12-15(25-4)8-9-16(17)21;3*1-2;;/h6-9,11-12,20-21H,2,5,10H2,1,3-4H3,(H,19,22);3*1-2H3;2*1H/b13-11+,14-7+;;;;;. The molecule has 0 bridgehead atoms. The lowest BCUT2D eigenvalue weighted by Crippen LogP contribution is -2.26. The molecule has 0 saturated heterocycles. The van der Waals surface area contributed by atoms with Crippen LogP contribution >= 0.6 is 0 Å². The normalized spacial score (nSPS) is 10.7. The van der Waals surface area contributed by atoms with E-state index in [-0.39, 0.29) is 30.7 Å². The molecule has 0 spiro atoms. The molecular weight excluding hydrogens is 428 g/mol. The van der Waals surface area contributed by atoms with Gasteiger partial charge in [0.25, 0.3) is 15.9 Å². The van der Waals surface area contributed by atoms with Gasteiger partial charge in [-0.05, 0) is 31.6 Å². The van der Waals surface area contributed by atoms with Gasteiger partial charge in [0.15, 0.2) is 0 Å². The zero-order valence-corrected chi connectivity index (χ0v) is 21.9. The van der Waals surface area contributed by atoms with E-state index in [1.54, 1.807) is 6.92 Å². The Bertz CT molecular complexity index is 840. The highest BCUT2D eigenvalue weighted by molar-refractivity contribution is 7.89. The van der Waals surface area contributed by atoms with Gasteiger partial charge >= 0.3 is 0 Å². The second-order valence-electron chi connectivity index (χ2n) is 5.24. The smallest absolute Gasteiger partial charge is 0.265 e. The molecule has 0 aliphatic heterocycles. The minimum absolute atomic E-state index is 0. The summed E-state index contributed by atoms with van der Waals surface area (Å²) >= 11 is 0. The molecule has 1 aromatic carbocycles. The molecule has 0 heterocycles. The monoisotopic (exact) mass is 474 g/mol. The number of ether oxygens (including phenoxy) is 1. The van der Waals surface area contributed by atoms with E-state index in [2.05, 4.69) is 16.6 Å². The molecule has 1 rings (SSSR count). The largest absolute Gasteiger partial charge is 0.507 e. The van der Waals surface area contributed by atoms with Gasteiger partial charge in [-0.1, -0.05) is 67.2 Å². The molecule has 0 aromatic heterocycles. The molecule has 0 radical (unpaired) electrons. The molecule has 0 saturated carbocycles. The fourth-order valence-electron chi connectivity index (χ4n) is 1.94. The van der Waals surface area contributed by atoms with Gasteiger partial charge in [-0.15, -0.1) is 0 Å². The van der Waals surface area contributed by atoms with Crippen LogP contribution in [0.15, 0.2) is 59.2 Å². The highest BCUT2D eigenvalue weighted by Gasteiger charge is 2.20. The van der Waals surface area contributed by atoms with E-state index >= 15 is 0 Å². The van der Waals surface area contributed by atoms with Gasteiger partial charge in [-0.25, -0.2) is 8.42 Å². The first-order valence-corrected chi connectivity index (χ1v) is 12.5. The molecule has 0 atom stereocenters. The Morgan fingerprint density at radius 3 is 2.19 bits per heavy atom. The van der Waals surface area contributed by atoms with Crippen LogP contribution in [0, 0.1) is 0 Å². The molecule has 32 heavy (non-hydrogen) atoms. The summed E-state index contributed by atoms with van der Waals surface area (Å²) in [5, 5.41) is 12.6. The van der Waals surface area contributed by atoms with Crippen molar-refractivity contribution in [2.45, 2.75) is 66.7 Å². The number of benzene rings is 1. The maximum absolute atomic E-state index is 12.6. The van der Waals surface area contributed by atoms with E-state index in [9.17, 15) is 18.3 Å². The number of carbonyl (C=O) groups is 1. The SMILES string of the molecule is C=C/C(=C\C(=C/C)NS(=O)(=O)c1cc(OC)ccc1O)C(=O)NCCC.CC.CC.CC.[HH].[HH]. The Balaban J connectivity index is -0.000000323. The summed E-state index contributed by atoms with van der Waals surface area (Å²) in [6, 6.07) is 3.88. The van der Waals surface area contributed by atoms with Gasteiger partial charge in [-0.2, -0.15) is 0 Å². The third-order valence-corrected chi connectivity index (χ3v) is 4.76. The lowest BCUT2D eigenvalue weighted by atomic mass is 10.2. The Morgan fingerprint density at radius 2 is 1.75 bits per heavy atom. The topological polar surface area (TPSA) is 105 Å². The number of aromatic hydroxyl groups is 1. The average molecular weight is 475 g/mol. The Hall–Kier alpha value is -2.74. The number of hydrogen-bond acceptors (Lipinski definition) is 5. The predicted molar refractivity (Wildman–Crippen MR) is 139 cm³/mol. The molecule has 0 unspecified atom stereocenters. The lowest BCUT2D eigenvalue weighted by molar-refractivity contribution is -0.117. The number of phenols is 1. The Morgan fingerprint density at radius 1 is 1.19 bits per heavy atom. The molecule has 1 amide bonds. The number of phenolic OH excluding ortho intramolecular Hbond substituents is 1. The van der Waals surface area contributed by atoms with Gasteiger partial charge in [0.05, 0.1) is 7.11 Å². The maximum Gasteiger partial charge on any atom is 0.265 e. The predicted octanol–water partition coefficient (Wildman–Crippen LogP) is 5.79. The zero-order chi connectivity index (χ0) is 25.7. The number of nitrogens with one attached hydrogen (secondary N) is 2.